The SMILES string of the molecule is COc1ccc(COC(=O)[C@@H](CC2CC2)C2CC(CO)C(c3cccc(F)c3)C2)cc1. The maximum atomic E-state index is 13.8. The van der Waals surface area contributed by atoms with Gasteiger partial charge in [-0.05, 0) is 78.3 Å². The lowest BCUT2D eigenvalue weighted by molar-refractivity contribution is -0.152. The molecule has 2 aliphatic carbocycles. The topological polar surface area (TPSA) is 55.8 Å². The number of methoxy groups -OCH3 is 1. The number of hydrogen-bond donors (Lipinski definition) is 1. The molecule has 0 amide bonds. The average Bonchev–Trinajstić information content (AvgIpc) is 3.52. The predicted octanol–water partition coefficient (Wildman–Crippen LogP) is 5.10. The summed E-state index contributed by atoms with van der Waals surface area (Å²) in [5.74, 6) is 1.05. The lowest BCUT2D eigenvalue weighted by Crippen LogP contribution is -2.25. The molecule has 4 atom stereocenters. The molecule has 0 aromatic heterocycles. The summed E-state index contributed by atoms with van der Waals surface area (Å²) < 4.78 is 24.7. The fraction of sp³-hybridized carbons (Fsp3) is 0.500. The molecule has 31 heavy (non-hydrogen) atoms. The van der Waals surface area contributed by atoms with Crippen molar-refractivity contribution in [2.45, 2.75) is 44.6 Å². The van der Waals surface area contributed by atoms with Crippen molar-refractivity contribution < 1.29 is 23.8 Å². The zero-order valence-corrected chi connectivity index (χ0v) is 18.0. The van der Waals surface area contributed by atoms with Crippen LogP contribution in [0.3, 0.4) is 0 Å². The molecule has 0 heterocycles. The van der Waals surface area contributed by atoms with Crippen LogP contribution in [0.5, 0.6) is 5.75 Å². The molecule has 1 N–H and O–H groups in total. The number of rotatable bonds is 9. The van der Waals surface area contributed by atoms with E-state index >= 15 is 0 Å². The molecule has 3 unspecified atom stereocenters. The van der Waals surface area contributed by atoms with Crippen molar-refractivity contribution in [3.63, 3.8) is 0 Å². The van der Waals surface area contributed by atoms with Gasteiger partial charge in [-0.1, -0.05) is 37.1 Å². The van der Waals surface area contributed by atoms with Gasteiger partial charge in [0.25, 0.3) is 0 Å². The van der Waals surface area contributed by atoms with Gasteiger partial charge in [0.1, 0.15) is 18.2 Å². The van der Waals surface area contributed by atoms with Gasteiger partial charge in [-0.15, -0.1) is 0 Å². The molecule has 4 rings (SSSR count). The Morgan fingerprint density at radius 3 is 2.58 bits per heavy atom. The van der Waals surface area contributed by atoms with Crippen LogP contribution in [0.25, 0.3) is 0 Å². The van der Waals surface area contributed by atoms with Gasteiger partial charge in [-0.2, -0.15) is 0 Å². The molecule has 5 heteroatoms. The number of halogens is 1. The fourth-order valence-electron chi connectivity index (χ4n) is 5.02. The Balaban J connectivity index is 1.44. The first-order chi connectivity index (χ1) is 15.1. The molecule has 2 aliphatic rings. The van der Waals surface area contributed by atoms with Crippen LogP contribution in [-0.2, 0) is 16.1 Å². The summed E-state index contributed by atoms with van der Waals surface area (Å²) in [6.07, 6.45) is 4.74. The van der Waals surface area contributed by atoms with Crippen LogP contribution in [-0.4, -0.2) is 24.8 Å². The maximum absolute atomic E-state index is 13.8. The highest BCUT2D eigenvalue weighted by molar-refractivity contribution is 5.73. The monoisotopic (exact) mass is 426 g/mol. The third-order valence-electron chi connectivity index (χ3n) is 6.94. The highest BCUT2D eigenvalue weighted by Gasteiger charge is 2.43. The molecule has 0 radical (unpaired) electrons. The van der Waals surface area contributed by atoms with E-state index in [2.05, 4.69) is 0 Å². The van der Waals surface area contributed by atoms with E-state index in [4.69, 9.17) is 9.47 Å². The van der Waals surface area contributed by atoms with E-state index in [1.807, 2.05) is 30.3 Å². The minimum Gasteiger partial charge on any atom is -0.497 e. The number of ether oxygens (including phenoxy) is 2. The summed E-state index contributed by atoms with van der Waals surface area (Å²) in [6, 6.07) is 14.2. The van der Waals surface area contributed by atoms with E-state index < -0.39 is 0 Å². The summed E-state index contributed by atoms with van der Waals surface area (Å²) in [5.41, 5.74) is 1.84. The van der Waals surface area contributed by atoms with Crippen molar-refractivity contribution in [1.82, 2.24) is 0 Å². The van der Waals surface area contributed by atoms with E-state index in [9.17, 15) is 14.3 Å². The summed E-state index contributed by atoms with van der Waals surface area (Å²) in [5, 5.41) is 9.97. The van der Waals surface area contributed by atoms with Crippen molar-refractivity contribution >= 4 is 5.97 Å². The summed E-state index contributed by atoms with van der Waals surface area (Å²) in [6.45, 7) is 0.294. The minimum atomic E-state index is -0.258. The molecule has 2 aromatic carbocycles. The van der Waals surface area contributed by atoms with Crippen molar-refractivity contribution in [2.24, 2.45) is 23.7 Å². The van der Waals surface area contributed by atoms with Gasteiger partial charge in [-0.3, -0.25) is 4.79 Å². The molecule has 166 valence electrons. The first kappa shape index (κ1) is 21.8. The van der Waals surface area contributed by atoms with Crippen LogP contribution in [0.1, 0.15) is 49.1 Å². The molecule has 2 aromatic rings. The van der Waals surface area contributed by atoms with Gasteiger partial charge in [0.2, 0.25) is 0 Å². The van der Waals surface area contributed by atoms with Crippen molar-refractivity contribution in [1.29, 1.82) is 0 Å². The molecule has 0 bridgehead atoms. The van der Waals surface area contributed by atoms with E-state index in [-0.39, 0.29) is 48.7 Å². The van der Waals surface area contributed by atoms with E-state index in [0.717, 1.165) is 36.1 Å². The summed E-state index contributed by atoms with van der Waals surface area (Å²) in [4.78, 5) is 13.1. The fourth-order valence-corrected chi connectivity index (χ4v) is 5.02. The van der Waals surface area contributed by atoms with Gasteiger partial charge >= 0.3 is 5.97 Å². The standard InChI is InChI=1S/C26H31FO4/c1-30-23-9-7-18(8-10-23)16-31-26(29)25(11-17-5-6-17)20-12-21(15-28)24(14-20)19-3-2-4-22(27)13-19/h2-4,7-10,13,17,20-21,24-25,28H,5-6,11-12,14-16H2,1H3/t20?,21?,24?,25-/m0/s1. The molecular weight excluding hydrogens is 395 g/mol. The molecular formula is C26H31FO4. The van der Waals surface area contributed by atoms with Crippen LogP contribution in [0, 0.1) is 29.5 Å². The molecule has 2 fully saturated rings. The second-order valence-electron chi connectivity index (χ2n) is 9.08. The summed E-state index contributed by atoms with van der Waals surface area (Å²) >= 11 is 0. The molecule has 0 aliphatic heterocycles. The van der Waals surface area contributed by atoms with E-state index in [1.54, 1.807) is 19.2 Å². The zero-order chi connectivity index (χ0) is 21.8. The maximum Gasteiger partial charge on any atom is 0.309 e. The average molecular weight is 427 g/mol. The van der Waals surface area contributed by atoms with Crippen LogP contribution in [0.2, 0.25) is 0 Å². The van der Waals surface area contributed by atoms with Crippen molar-refractivity contribution in [2.75, 3.05) is 13.7 Å². The Kier molecular flexibility index (Phi) is 6.91. The normalized spacial score (nSPS) is 24.0. The molecule has 0 saturated heterocycles. The number of carbonyl (C=O) groups excluding carboxylic acids is 1. The number of aliphatic hydroxyl groups excluding tert-OH is 1. The molecule has 2 saturated carbocycles. The predicted molar refractivity (Wildman–Crippen MR) is 116 cm³/mol. The van der Waals surface area contributed by atoms with Crippen molar-refractivity contribution in [3.8, 4) is 5.75 Å². The van der Waals surface area contributed by atoms with Gasteiger partial charge in [0.05, 0.1) is 13.0 Å². The highest BCUT2D eigenvalue weighted by atomic mass is 19.1. The first-order valence-electron chi connectivity index (χ1n) is 11.2. The lowest BCUT2D eigenvalue weighted by Gasteiger charge is -2.22. The molecule has 0 spiro atoms. The second-order valence-corrected chi connectivity index (χ2v) is 9.08. The van der Waals surface area contributed by atoms with Crippen LogP contribution >= 0.6 is 0 Å². The quantitative estimate of drug-likeness (QED) is 0.567. The van der Waals surface area contributed by atoms with Crippen LogP contribution in [0.15, 0.2) is 48.5 Å². The smallest absolute Gasteiger partial charge is 0.309 e. The third-order valence-corrected chi connectivity index (χ3v) is 6.94. The third kappa shape index (κ3) is 5.45. The van der Waals surface area contributed by atoms with E-state index in [1.165, 1.54) is 18.9 Å². The lowest BCUT2D eigenvalue weighted by atomic mass is 9.85. The van der Waals surface area contributed by atoms with Gasteiger partial charge < -0.3 is 14.6 Å². The van der Waals surface area contributed by atoms with Crippen LogP contribution in [0.4, 0.5) is 4.39 Å². The van der Waals surface area contributed by atoms with Gasteiger partial charge in [-0.25, -0.2) is 4.39 Å². The highest BCUT2D eigenvalue weighted by Crippen LogP contribution is 2.49. The Labute approximate surface area is 183 Å². The van der Waals surface area contributed by atoms with Crippen molar-refractivity contribution in [3.05, 3.63) is 65.5 Å². The van der Waals surface area contributed by atoms with Crippen LogP contribution < -0.4 is 4.74 Å². The largest absolute Gasteiger partial charge is 0.497 e. The Morgan fingerprint density at radius 1 is 1.16 bits per heavy atom. The zero-order valence-electron chi connectivity index (χ0n) is 18.0. The second kappa shape index (κ2) is 9.82. The molecule has 4 nitrogen and oxygen atoms in total. The Morgan fingerprint density at radius 2 is 1.94 bits per heavy atom. The number of hydrogen-bond acceptors (Lipinski definition) is 4. The van der Waals surface area contributed by atoms with Gasteiger partial charge in [0, 0.05) is 6.61 Å². The Hall–Kier alpha value is -2.40. The van der Waals surface area contributed by atoms with Gasteiger partial charge in [0.15, 0.2) is 0 Å². The summed E-state index contributed by atoms with van der Waals surface area (Å²) in [7, 11) is 1.62. The first-order valence-corrected chi connectivity index (χ1v) is 11.2. The number of aliphatic hydroxyl groups is 1. The minimum absolute atomic E-state index is 0.0443. The Bertz CT molecular complexity index is 877. The number of benzene rings is 2. The number of esters is 1. The number of carbonyl (C=O) groups is 1. The van der Waals surface area contributed by atoms with E-state index in [0.29, 0.717) is 5.92 Å².